The van der Waals surface area contributed by atoms with Crippen molar-refractivity contribution in [1.29, 1.82) is 5.26 Å². The molecule has 2 nitrogen and oxygen atoms in total. The molecule has 0 amide bonds. The highest BCUT2D eigenvalue weighted by Crippen LogP contribution is 0.900. The second-order valence-corrected chi connectivity index (χ2v) is 0.129. The Morgan fingerprint density at radius 2 is 1.40 bits per heavy atom. The van der Waals surface area contributed by atoms with Gasteiger partial charge >= 0.3 is 0 Å². The Bertz CT molecular complexity index is 29.1. The third kappa shape index (κ3) is 801. The summed E-state index contributed by atoms with van der Waals surface area (Å²) in [5.41, 5.74) is 4.15. The minimum Gasteiger partial charge on any atom is -0.337 e. The second kappa shape index (κ2) is 42.1. The summed E-state index contributed by atoms with van der Waals surface area (Å²) in [6.07, 6.45) is 1.25. The fourth-order valence-electron chi connectivity index (χ4n) is 0. The molecule has 0 aliphatic rings. The Morgan fingerprint density at radius 1 is 1.40 bits per heavy atom. The molecule has 0 heterocycles. The summed E-state index contributed by atoms with van der Waals surface area (Å²) in [6, 6.07) is 0. The Morgan fingerprint density at radius 3 is 1.40 bits per heavy atom. The van der Waals surface area contributed by atoms with Crippen molar-refractivity contribution in [2.24, 2.45) is 5.73 Å². The molecule has 4 heteroatoms. The van der Waals surface area contributed by atoms with Gasteiger partial charge in [-0.2, -0.15) is 5.26 Å². The van der Waals surface area contributed by atoms with Crippen LogP contribution in [0.1, 0.15) is 0 Å². The monoisotopic (exact) mass is 114 g/mol. The highest BCUT2D eigenvalue weighted by Gasteiger charge is 1.12. The maximum Gasteiger partial charge on any atom is 0.173 e. The highest BCUT2D eigenvalue weighted by atomic mass is 35.5. The smallest absolute Gasteiger partial charge is 0.173 e. The minimum absolute atomic E-state index is 0. The zero-order chi connectivity index (χ0) is 2.71. The van der Waals surface area contributed by atoms with Crippen LogP contribution in [0.5, 0.6) is 0 Å². The van der Waals surface area contributed by atoms with Crippen molar-refractivity contribution in [3.63, 3.8) is 0 Å². The average molecular weight is 115 g/mol. The van der Waals surface area contributed by atoms with E-state index >= 15 is 0 Å². The average Bonchev–Trinajstić information content (AvgIpc) is 0.918. The van der Waals surface area contributed by atoms with Crippen LogP contribution in [0.3, 0.4) is 0 Å². The van der Waals surface area contributed by atoms with Gasteiger partial charge in [0.25, 0.3) is 0 Å². The van der Waals surface area contributed by atoms with Crippen LogP contribution in [0.4, 0.5) is 0 Å². The molecule has 0 unspecified atom stereocenters. The lowest BCUT2D eigenvalue weighted by atomic mass is 11.5. The summed E-state index contributed by atoms with van der Waals surface area (Å²) in [7, 11) is 0. The molecule has 5 heavy (non-hydrogen) atoms. The van der Waals surface area contributed by atoms with Gasteiger partial charge in [0.05, 0.1) is 0 Å². The lowest BCUT2D eigenvalue weighted by Crippen LogP contribution is -1.69. The first-order valence-corrected chi connectivity index (χ1v) is 0.512. The third-order valence-electron chi connectivity index (χ3n) is 0. The van der Waals surface area contributed by atoms with Crippen LogP contribution in [0.2, 0.25) is 0 Å². The van der Waals surface area contributed by atoms with Crippen molar-refractivity contribution in [2.75, 3.05) is 0 Å². The number of hydrogen-bond acceptors (Lipinski definition) is 2. The molecule has 0 aliphatic carbocycles. The number of hydrogen-bond donors (Lipinski definition) is 1. The SMILES string of the molecule is Cl.Cl.N#CN. The summed E-state index contributed by atoms with van der Waals surface area (Å²) in [5.74, 6) is 0. The Labute approximate surface area is 42.8 Å². The van der Waals surface area contributed by atoms with E-state index in [9.17, 15) is 0 Å². The zero-order valence-electron chi connectivity index (χ0n) is 2.34. The molecule has 32 valence electrons. The Hall–Kier alpha value is -0.130. The second-order valence-electron chi connectivity index (χ2n) is 0.129. The van der Waals surface area contributed by atoms with Gasteiger partial charge in [-0.15, -0.1) is 24.8 Å². The van der Waals surface area contributed by atoms with Gasteiger partial charge in [0.1, 0.15) is 0 Å². The quantitative estimate of drug-likeness (QED) is 0.363. The third-order valence-corrected chi connectivity index (χ3v) is 0. The predicted molar refractivity (Wildman–Crippen MR) is 24.3 cm³/mol. The number of nitrogens with zero attached hydrogens (tertiary/aromatic N) is 1. The Kier molecular flexibility index (Phi) is 176. The van der Waals surface area contributed by atoms with E-state index in [1.54, 1.807) is 0 Å². The topological polar surface area (TPSA) is 49.8 Å². The molecule has 0 aliphatic heterocycles. The van der Waals surface area contributed by atoms with Crippen LogP contribution in [0, 0.1) is 11.5 Å². The van der Waals surface area contributed by atoms with Gasteiger partial charge in [-0.3, -0.25) is 0 Å². The number of nitriles is 1. The van der Waals surface area contributed by atoms with E-state index < -0.39 is 0 Å². The fraction of sp³-hybridized carbons (Fsp3) is 0. The van der Waals surface area contributed by atoms with Gasteiger partial charge in [-0.05, 0) is 0 Å². The van der Waals surface area contributed by atoms with Gasteiger partial charge in [0.2, 0.25) is 0 Å². The molecule has 0 bridgehead atoms. The lowest BCUT2D eigenvalue weighted by molar-refractivity contribution is 1.45. The molecule has 0 aromatic carbocycles. The largest absolute Gasteiger partial charge is 0.337 e. The molecular formula is CH4Cl2N2. The maximum atomic E-state index is 7.10. The molecule has 0 rings (SSSR count). The molecule has 0 radical (unpaired) electrons. The van der Waals surface area contributed by atoms with Crippen molar-refractivity contribution in [3.05, 3.63) is 0 Å². The van der Waals surface area contributed by atoms with E-state index in [0.717, 1.165) is 0 Å². The summed E-state index contributed by atoms with van der Waals surface area (Å²) in [5, 5.41) is 7.10. The van der Waals surface area contributed by atoms with Crippen molar-refractivity contribution < 1.29 is 0 Å². The predicted octanol–water partition coefficient (Wildman–Crippen LogP) is 0.270. The molecule has 0 saturated heterocycles. The first kappa shape index (κ1) is 20.9. The van der Waals surface area contributed by atoms with Crippen LogP contribution >= 0.6 is 24.8 Å². The van der Waals surface area contributed by atoms with Crippen LogP contribution in [-0.2, 0) is 0 Å². The van der Waals surface area contributed by atoms with Gasteiger partial charge < -0.3 is 5.73 Å². The Balaban J connectivity index is -0.0000000200. The standard InChI is InChI=1S/CH2N2.2ClH/c2-1-3;;/h2H2;2*1H. The van der Waals surface area contributed by atoms with Crippen molar-refractivity contribution in [3.8, 4) is 6.19 Å². The van der Waals surface area contributed by atoms with Gasteiger partial charge in [0.15, 0.2) is 6.19 Å². The van der Waals surface area contributed by atoms with E-state index in [0.29, 0.717) is 0 Å². The molecule has 2 N–H and O–H groups in total. The molecule has 0 aromatic heterocycles. The molecule has 0 atom stereocenters. The van der Waals surface area contributed by atoms with Gasteiger partial charge in [-0.25, -0.2) is 0 Å². The zero-order valence-corrected chi connectivity index (χ0v) is 3.97. The summed E-state index contributed by atoms with van der Waals surface area (Å²) in [6.45, 7) is 0. The maximum absolute atomic E-state index is 7.10. The number of nitrogens with two attached hydrogens (primary N) is 1. The van der Waals surface area contributed by atoms with E-state index in [2.05, 4.69) is 5.73 Å². The van der Waals surface area contributed by atoms with Gasteiger partial charge in [0, 0.05) is 0 Å². The van der Waals surface area contributed by atoms with Gasteiger partial charge in [-0.1, -0.05) is 0 Å². The number of rotatable bonds is 0. The first-order valence-electron chi connectivity index (χ1n) is 0.512. The van der Waals surface area contributed by atoms with Crippen LogP contribution in [0.25, 0.3) is 0 Å². The molecule has 0 saturated carbocycles. The molecule has 0 fully saturated rings. The number of halogens is 2. The van der Waals surface area contributed by atoms with Crippen LogP contribution < -0.4 is 5.73 Å². The molecule has 0 aromatic rings. The van der Waals surface area contributed by atoms with E-state index in [1.165, 1.54) is 6.19 Å². The molecule has 0 spiro atoms. The van der Waals surface area contributed by atoms with Crippen molar-refractivity contribution >= 4 is 24.8 Å². The molecular weight excluding hydrogens is 111 g/mol. The highest BCUT2D eigenvalue weighted by molar-refractivity contribution is 5.85. The summed E-state index contributed by atoms with van der Waals surface area (Å²) in [4.78, 5) is 0. The summed E-state index contributed by atoms with van der Waals surface area (Å²) < 4.78 is 0. The first-order chi connectivity index (χ1) is 1.41. The van der Waals surface area contributed by atoms with E-state index in [4.69, 9.17) is 5.26 Å². The van der Waals surface area contributed by atoms with Crippen LogP contribution in [0.15, 0.2) is 0 Å². The lowest BCUT2D eigenvalue weighted by Gasteiger charge is -1.24. The van der Waals surface area contributed by atoms with E-state index in [1.807, 2.05) is 0 Å². The fourth-order valence-corrected chi connectivity index (χ4v) is 0. The van der Waals surface area contributed by atoms with Crippen LogP contribution in [-0.4, -0.2) is 0 Å². The summed E-state index contributed by atoms with van der Waals surface area (Å²) >= 11 is 0. The van der Waals surface area contributed by atoms with Crippen molar-refractivity contribution in [2.45, 2.75) is 0 Å². The normalized spacial score (nSPS) is 1.40. The van der Waals surface area contributed by atoms with Crippen molar-refractivity contribution in [1.82, 2.24) is 0 Å². The minimum atomic E-state index is 0. The van der Waals surface area contributed by atoms with E-state index in [-0.39, 0.29) is 24.8 Å².